The third-order valence-electron chi connectivity index (χ3n) is 3.82. The molecule has 1 aromatic rings. The van der Waals surface area contributed by atoms with Gasteiger partial charge in [0.15, 0.2) is 0 Å². The van der Waals surface area contributed by atoms with Gasteiger partial charge in [0.25, 0.3) is 0 Å². The van der Waals surface area contributed by atoms with Gasteiger partial charge in [-0.05, 0) is 38.1 Å². The molecule has 0 radical (unpaired) electrons. The number of benzene rings is 1. The summed E-state index contributed by atoms with van der Waals surface area (Å²) in [7, 11) is -1.62. The minimum Gasteiger partial charge on any atom is -0.342 e. The number of likely N-dealkylation sites (tertiary alicyclic amines) is 1. The molecule has 0 saturated carbocycles. The zero-order valence-electron chi connectivity index (χ0n) is 13.2. The predicted molar refractivity (Wildman–Crippen MR) is 92.1 cm³/mol. The summed E-state index contributed by atoms with van der Waals surface area (Å²) in [4.78, 5) is 14.1. The van der Waals surface area contributed by atoms with Crippen molar-refractivity contribution < 1.29 is 13.2 Å². The molecule has 0 aliphatic carbocycles. The Kier molecular flexibility index (Phi) is 7.98. The molecule has 1 heterocycles. The van der Waals surface area contributed by atoms with E-state index in [0.29, 0.717) is 5.92 Å². The lowest BCUT2D eigenvalue weighted by Crippen LogP contribution is -2.34. The summed E-state index contributed by atoms with van der Waals surface area (Å²) in [6, 6.07) is 8.18. The second-order valence-corrected chi connectivity index (χ2v) is 7.28. The van der Waals surface area contributed by atoms with Gasteiger partial charge in [-0.25, -0.2) is 13.1 Å². The van der Waals surface area contributed by atoms with Crippen LogP contribution in [0.4, 0.5) is 0 Å². The fourth-order valence-corrected chi connectivity index (χ4v) is 3.70. The minimum absolute atomic E-state index is 0. The van der Waals surface area contributed by atoms with Crippen molar-refractivity contribution in [2.24, 2.45) is 5.92 Å². The zero-order chi connectivity index (χ0) is 16.0. The lowest BCUT2D eigenvalue weighted by molar-refractivity contribution is -0.130. The number of nitrogens with one attached hydrogen (secondary N) is 2. The van der Waals surface area contributed by atoms with E-state index < -0.39 is 10.0 Å². The fraction of sp³-hybridized carbons (Fsp3) is 0.533. The quantitative estimate of drug-likeness (QED) is 0.754. The van der Waals surface area contributed by atoms with Gasteiger partial charge < -0.3 is 10.2 Å². The topological polar surface area (TPSA) is 78.5 Å². The first-order valence-corrected chi connectivity index (χ1v) is 8.98. The summed E-state index contributed by atoms with van der Waals surface area (Å²) in [6.07, 6.45) is 1.20. The first-order valence-electron chi connectivity index (χ1n) is 7.50. The van der Waals surface area contributed by atoms with Crippen LogP contribution in [0.25, 0.3) is 0 Å². The highest BCUT2D eigenvalue weighted by Gasteiger charge is 2.25. The second-order valence-electron chi connectivity index (χ2n) is 5.51. The lowest BCUT2D eigenvalue weighted by atomic mass is 10.1. The van der Waals surface area contributed by atoms with Crippen molar-refractivity contribution in [2.75, 3.05) is 33.2 Å². The van der Waals surface area contributed by atoms with E-state index in [1.54, 1.807) is 18.2 Å². The molecule has 1 amide bonds. The summed E-state index contributed by atoms with van der Waals surface area (Å²) in [5.41, 5.74) is 0. The van der Waals surface area contributed by atoms with Crippen molar-refractivity contribution in [1.29, 1.82) is 0 Å². The Morgan fingerprint density at radius 3 is 2.65 bits per heavy atom. The highest BCUT2D eigenvalue weighted by molar-refractivity contribution is 7.89. The zero-order valence-corrected chi connectivity index (χ0v) is 14.8. The van der Waals surface area contributed by atoms with Gasteiger partial charge in [-0.1, -0.05) is 18.2 Å². The van der Waals surface area contributed by atoms with E-state index in [9.17, 15) is 13.2 Å². The molecule has 1 aliphatic heterocycles. The number of carbonyl (C=O) groups is 1. The van der Waals surface area contributed by atoms with Crippen molar-refractivity contribution in [2.45, 2.75) is 17.7 Å². The van der Waals surface area contributed by atoms with E-state index in [4.69, 9.17) is 0 Å². The van der Waals surface area contributed by atoms with Gasteiger partial charge in [0.05, 0.1) is 4.90 Å². The van der Waals surface area contributed by atoms with Gasteiger partial charge in [-0.15, -0.1) is 12.4 Å². The van der Waals surface area contributed by atoms with Gasteiger partial charge in [0.2, 0.25) is 15.9 Å². The predicted octanol–water partition coefficient (Wildman–Crippen LogP) is 0.845. The first kappa shape index (κ1) is 19.9. The summed E-state index contributed by atoms with van der Waals surface area (Å²) in [6.45, 7) is 2.55. The van der Waals surface area contributed by atoms with Crippen LogP contribution in [0.5, 0.6) is 0 Å². The monoisotopic (exact) mass is 361 g/mol. The molecule has 6 nitrogen and oxygen atoms in total. The maximum Gasteiger partial charge on any atom is 0.240 e. The highest BCUT2D eigenvalue weighted by Crippen LogP contribution is 2.16. The number of amides is 1. The van der Waals surface area contributed by atoms with Crippen molar-refractivity contribution in [1.82, 2.24) is 14.9 Å². The van der Waals surface area contributed by atoms with Crippen molar-refractivity contribution in [3.63, 3.8) is 0 Å². The molecule has 1 aliphatic rings. The number of carbonyl (C=O) groups excluding carboxylic acids is 1. The molecule has 0 spiro atoms. The second kappa shape index (κ2) is 9.22. The molecule has 1 atom stereocenters. The van der Waals surface area contributed by atoms with Crippen LogP contribution in [-0.2, 0) is 14.8 Å². The summed E-state index contributed by atoms with van der Waals surface area (Å²) in [5.74, 6) is 0.504. The molecule has 8 heteroatoms. The van der Waals surface area contributed by atoms with Crippen LogP contribution >= 0.6 is 12.4 Å². The molecular formula is C15H24ClN3O3S. The van der Waals surface area contributed by atoms with Gasteiger partial charge in [0, 0.05) is 26.1 Å². The number of halogens is 1. The SMILES string of the molecule is CNCC1CCN(C(=O)CCNS(=O)(=O)c2ccccc2)C1.Cl. The number of hydrogen-bond acceptors (Lipinski definition) is 4. The summed E-state index contributed by atoms with van der Waals surface area (Å²) in [5, 5.41) is 3.12. The average Bonchev–Trinajstić information content (AvgIpc) is 2.97. The Labute approximate surface area is 144 Å². The molecule has 2 N–H and O–H groups in total. The van der Waals surface area contributed by atoms with Crippen LogP contribution in [0.15, 0.2) is 35.2 Å². The number of hydrogen-bond donors (Lipinski definition) is 2. The molecule has 0 bridgehead atoms. The molecule has 0 aromatic heterocycles. The molecule has 1 unspecified atom stereocenters. The van der Waals surface area contributed by atoms with E-state index in [2.05, 4.69) is 10.0 Å². The van der Waals surface area contributed by atoms with Gasteiger partial charge in [-0.2, -0.15) is 0 Å². The van der Waals surface area contributed by atoms with Crippen molar-refractivity contribution in [3.8, 4) is 0 Å². The van der Waals surface area contributed by atoms with Crippen LogP contribution in [0.3, 0.4) is 0 Å². The number of nitrogens with zero attached hydrogens (tertiary/aromatic N) is 1. The van der Waals surface area contributed by atoms with Crippen LogP contribution in [-0.4, -0.2) is 52.5 Å². The largest absolute Gasteiger partial charge is 0.342 e. The Bertz CT molecular complexity index is 595. The molecule has 1 aromatic carbocycles. The Morgan fingerprint density at radius 2 is 2.00 bits per heavy atom. The molecule has 23 heavy (non-hydrogen) atoms. The Hall–Kier alpha value is -1.15. The fourth-order valence-electron chi connectivity index (χ4n) is 2.65. The number of rotatable bonds is 7. The van der Waals surface area contributed by atoms with Crippen molar-refractivity contribution in [3.05, 3.63) is 30.3 Å². The standard InChI is InChI=1S/C15H23N3O3S.ClH/c1-16-11-13-8-10-18(12-13)15(19)7-9-17-22(20,21)14-5-3-2-4-6-14;/h2-6,13,16-17H,7-12H2,1H3;1H. The van der Waals surface area contributed by atoms with E-state index in [-0.39, 0.29) is 36.2 Å². The third-order valence-corrected chi connectivity index (χ3v) is 5.29. The number of sulfonamides is 1. The minimum atomic E-state index is -3.53. The van der Waals surface area contributed by atoms with Crippen LogP contribution in [0, 0.1) is 5.92 Å². The van der Waals surface area contributed by atoms with Crippen molar-refractivity contribution >= 4 is 28.3 Å². The smallest absolute Gasteiger partial charge is 0.240 e. The lowest BCUT2D eigenvalue weighted by Gasteiger charge is -2.16. The molecule has 1 fully saturated rings. The molecule has 130 valence electrons. The van der Waals surface area contributed by atoms with Crippen LogP contribution in [0.2, 0.25) is 0 Å². The normalized spacial score (nSPS) is 17.8. The van der Waals surface area contributed by atoms with Gasteiger partial charge in [-0.3, -0.25) is 4.79 Å². The maximum atomic E-state index is 12.1. The van der Waals surface area contributed by atoms with Crippen LogP contribution in [0.1, 0.15) is 12.8 Å². The summed E-state index contributed by atoms with van der Waals surface area (Å²) < 4.78 is 26.5. The van der Waals surface area contributed by atoms with Gasteiger partial charge >= 0.3 is 0 Å². The van der Waals surface area contributed by atoms with E-state index in [1.165, 1.54) is 12.1 Å². The first-order chi connectivity index (χ1) is 10.5. The molecule has 1 saturated heterocycles. The van der Waals surface area contributed by atoms with Crippen LogP contribution < -0.4 is 10.0 Å². The Morgan fingerprint density at radius 1 is 1.30 bits per heavy atom. The van der Waals surface area contributed by atoms with E-state index >= 15 is 0 Å². The van der Waals surface area contributed by atoms with Gasteiger partial charge in [0.1, 0.15) is 0 Å². The molecular weight excluding hydrogens is 338 g/mol. The highest BCUT2D eigenvalue weighted by atomic mass is 35.5. The Balaban J connectivity index is 0.00000264. The van der Waals surface area contributed by atoms with E-state index in [0.717, 1.165) is 26.1 Å². The maximum absolute atomic E-state index is 12.1. The third kappa shape index (κ3) is 5.76. The average molecular weight is 362 g/mol. The summed E-state index contributed by atoms with van der Waals surface area (Å²) >= 11 is 0. The molecule has 2 rings (SSSR count). The van der Waals surface area contributed by atoms with E-state index in [1.807, 2.05) is 11.9 Å².